The Morgan fingerprint density at radius 2 is 1.95 bits per heavy atom. The number of rotatable bonds is 4. The van der Waals surface area contributed by atoms with Crippen molar-refractivity contribution in [3.05, 3.63) is 29.3 Å². The molecule has 0 aliphatic carbocycles. The Labute approximate surface area is 119 Å². The summed E-state index contributed by atoms with van der Waals surface area (Å²) in [6.45, 7) is 6.39. The molecule has 0 N–H and O–H groups in total. The highest BCUT2D eigenvalue weighted by Crippen LogP contribution is 2.20. The summed E-state index contributed by atoms with van der Waals surface area (Å²) in [5, 5.41) is 0. The van der Waals surface area contributed by atoms with Crippen molar-refractivity contribution in [3.63, 3.8) is 0 Å². The molecule has 0 atom stereocenters. The monoisotopic (exact) mass is 276 g/mol. The van der Waals surface area contributed by atoms with Gasteiger partial charge in [-0.3, -0.25) is 9.59 Å². The number of benzene rings is 1. The molecule has 1 aromatic carbocycles. The van der Waals surface area contributed by atoms with Crippen molar-refractivity contribution in [3.8, 4) is 5.75 Å². The molecule has 0 bridgehead atoms. The predicted molar refractivity (Wildman–Crippen MR) is 75.6 cm³/mol. The third-order valence-corrected chi connectivity index (χ3v) is 3.72. The van der Waals surface area contributed by atoms with Crippen LogP contribution in [0.4, 0.5) is 0 Å². The van der Waals surface area contributed by atoms with Crippen molar-refractivity contribution in [1.82, 2.24) is 9.80 Å². The number of amides is 2. The van der Waals surface area contributed by atoms with Crippen LogP contribution in [0.3, 0.4) is 0 Å². The maximum Gasteiger partial charge on any atom is 0.260 e. The molecule has 1 aromatic rings. The minimum Gasteiger partial charge on any atom is -0.483 e. The molecule has 0 aromatic heterocycles. The van der Waals surface area contributed by atoms with Crippen LogP contribution >= 0.6 is 0 Å². The lowest BCUT2D eigenvalue weighted by atomic mass is 10.1. The molecule has 5 heteroatoms. The van der Waals surface area contributed by atoms with Crippen LogP contribution in [-0.4, -0.2) is 54.9 Å². The van der Waals surface area contributed by atoms with Crippen LogP contribution in [0.15, 0.2) is 18.2 Å². The van der Waals surface area contributed by atoms with Crippen molar-refractivity contribution < 1.29 is 14.3 Å². The molecular weight excluding hydrogens is 256 g/mol. The molecule has 20 heavy (non-hydrogen) atoms. The number of hydrogen-bond donors (Lipinski definition) is 0. The van der Waals surface area contributed by atoms with Gasteiger partial charge in [0.2, 0.25) is 6.41 Å². The lowest BCUT2D eigenvalue weighted by molar-refractivity contribution is -0.137. The Balaban J connectivity index is 1.86. The van der Waals surface area contributed by atoms with Crippen LogP contribution in [0.2, 0.25) is 0 Å². The van der Waals surface area contributed by atoms with Gasteiger partial charge in [0.15, 0.2) is 6.61 Å². The summed E-state index contributed by atoms with van der Waals surface area (Å²) >= 11 is 0. The minimum atomic E-state index is -0.0311. The number of nitrogens with zero attached hydrogens (tertiary/aromatic N) is 2. The molecule has 2 rings (SSSR count). The first-order valence-corrected chi connectivity index (χ1v) is 6.78. The Morgan fingerprint density at radius 1 is 1.25 bits per heavy atom. The average Bonchev–Trinajstić information content (AvgIpc) is 2.48. The van der Waals surface area contributed by atoms with Crippen LogP contribution in [0, 0.1) is 13.8 Å². The van der Waals surface area contributed by atoms with E-state index < -0.39 is 0 Å². The van der Waals surface area contributed by atoms with Gasteiger partial charge in [-0.05, 0) is 31.0 Å². The second-order valence-electron chi connectivity index (χ2n) is 5.01. The second-order valence-corrected chi connectivity index (χ2v) is 5.01. The lowest BCUT2D eigenvalue weighted by Gasteiger charge is -2.32. The molecule has 108 valence electrons. The predicted octanol–water partition coefficient (Wildman–Crippen LogP) is 0.983. The fourth-order valence-corrected chi connectivity index (χ4v) is 2.19. The second kappa shape index (κ2) is 6.41. The van der Waals surface area contributed by atoms with Crippen LogP contribution in [0.5, 0.6) is 5.75 Å². The summed E-state index contributed by atoms with van der Waals surface area (Å²) in [6.07, 6.45) is 0.828. The van der Waals surface area contributed by atoms with Gasteiger partial charge in [0, 0.05) is 26.2 Å². The normalized spacial score (nSPS) is 15.1. The van der Waals surface area contributed by atoms with Crippen molar-refractivity contribution in [2.75, 3.05) is 32.8 Å². The van der Waals surface area contributed by atoms with Crippen LogP contribution in [-0.2, 0) is 9.59 Å². The van der Waals surface area contributed by atoms with Gasteiger partial charge in [0.05, 0.1) is 0 Å². The first kappa shape index (κ1) is 14.4. The van der Waals surface area contributed by atoms with Crippen LogP contribution < -0.4 is 4.74 Å². The lowest BCUT2D eigenvalue weighted by Crippen LogP contribution is -2.49. The van der Waals surface area contributed by atoms with Gasteiger partial charge >= 0.3 is 0 Å². The zero-order valence-electron chi connectivity index (χ0n) is 12.0. The molecule has 1 heterocycles. The largest absolute Gasteiger partial charge is 0.483 e. The highest BCUT2D eigenvalue weighted by Gasteiger charge is 2.20. The van der Waals surface area contributed by atoms with Crippen molar-refractivity contribution in [2.24, 2.45) is 0 Å². The number of ether oxygens (including phenoxy) is 1. The average molecular weight is 276 g/mol. The zero-order chi connectivity index (χ0) is 14.5. The fraction of sp³-hybridized carbons (Fsp3) is 0.467. The van der Waals surface area contributed by atoms with Crippen molar-refractivity contribution in [2.45, 2.75) is 13.8 Å². The first-order chi connectivity index (χ1) is 9.61. The van der Waals surface area contributed by atoms with E-state index in [9.17, 15) is 9.59 Å². The molecule has 0 radical (unpaired) electrons. The Bertz CT molecular complexity index is 494. The molecule has 1 aliphatic heterocycles. The molecule has 5 nitrogen and oxygen atoms in total. The number of hydrogen-bond acceptors (Lipinski definition) is 3. The summed E-state index contributed by atoms with van der Waals surface area (Å²) in [7, 11) is 0. The number of piperazine rings is 1. The maximum atomic E-state index is 12.1. The quantitative estimate of drug-likeness (QED) is 0.770. The molecule has 1 aliphatic rings. The Morgan fingerprint density at radius 3 is 2.60 bits per heavy atom. The standard InChI is InChI=1S/C15H20N2O3/c1-12-4-3-5-14(13(12)2)20-10-15(19)17-8-6-16(11-18)7-9-17/h3-5,11H,6-10H2,1-2H3. The van der Waals surface area contributed by atoms with Gasteiger partial charge in [0.25, 0.3) is 5.91 Å². The highest BCUT2D eigenvalue weighted by atomic mass is 16.5. The highest BCUT2D eigenvalue weighted by molar-refractivity contribution is 5.78. The Hall–Kier alpha value is -2.04. The van der Waals surface area contributed by atoms with E-state index in [1.54, 1.807) is 9.80 Å². The van der Waals surface area contributed by atoms with E-state index in [0.29, 0.717) is 26.2 Å². The smallest absolute Gasteiger partial charge is 0.260 e. The van der Waals surface area contributed by atoms with Crippen LogP contribution in [0.25, 0.3) is 0 Å². The SMILES string of the molecule is Cc1cccc(OCC(=O)N2CCN(C=O)CC2)c1C. The molecule has 0 saturated carbocycles. The van der Waals surface area contributed by atoms with Crippen LogP contribution in [0.1, 0.15) is 11.1 Å². The molecule has 1 saturated heterocycles. The van der Waals surface area contributed by atoms with E-state index in [4.69, 9.17) is 4.74 Å². The van der Waals surface area contributed by atoms with Gasteiger partial charge in [-0.15, -0.1) is 0 Å². The van der Waals surface area contributed by atoms with E-state index >= 15 is 0 Å². The summed E-state index contributed by atoms with van der Waals surface area (Å²) in [5.74, 6) is 0.723. The summed E-state index contributed by atoms with van der Waals surface area (Å²) in [5.41, 5.74) is 2.21. The molecular formula is C15H20N2O3. The van der Waals surface area contributed by atoms with Gasteiger partial charge in [0.1, 0.15) is 5.75 Å². The molecule has 1 fully saturated rings. The van der Waals surface area contributed by atoms with Gasteiger partial charge in [-0.25, -0.2) is 0 Å². The minimum absolute atomic E-state index is 0.0311. The van der Waals surface area contributed by atoms with E-state index in [0.717, 1.165) is 23.3 Å². The number of carbonyl (C=O) groups excluding carboxylic acids is 2. The van der Waals surface area contributed by atoms with E-state index in [-0.39, 0.29) is 12.5 Å². The topological polar surface area (TPSA) is 49.9 Å². The summed E-state index contributed by atoms with van der Waals surface area (Å²) in [6, 6.07) is 5.81. The molecule has 0 spiro atoms. The summed E-state index contributed by atoms with van der Waals surface area (Å²) < 4.78 is 5.61. The van der Waals surface area contributed by atoms with Gasteiger partial charge < -0.3 is 14.5 Å². The van der Waals surface area contributed by atoms with Crippen molar-refractivity contribution >= 4 is 12.3 Å². The van der Waals surface area contributed by atoms with Crippen molar-refractivity contribution in [1.29, 1.82) is 0 Å². The third kappa shape index (κ3) is 3.29. The van der Waals surface area contributed by atoms with E-state index in [1.165, 1.54) is 0 Å². The molecule has 2 amide bonds. The fourth-order valence-electron chi connectivity index (χ4n) is 2.19. The summed E-state index contributed by atoms with van der Waals surface area (Å²) in [4.78, 5) is 26.1. The van der Waals surface area contributed by atoms with Gasteiger partial charge in [-0.2, -0.15) is 0 Å². The third-order valence-electron chi connectivity index (χ3n) is 3.72. The maximum absolute atomic E-state index is 12.1. The first-order valence-electron chi connectivity index (χ1n) is 6.78. The van der Waals surface area contributed by atoms with E-state index in [1.807, 2.05) is 32.0 Å². The van der Waals surface area contributed by atoms with E-state index in [2.05, 4.69) is 0 Å². The Kier molecular flexibility index (Phi) is 4.61. The number of aryl methyl sites for hydroxylation is 1. The zero-order valence-corrected chi connectivity index (χ0v) is 12.0. The van der Waals surface area contributed by atoms with Gasteiger partial charge in [-0.1, -0.05) is 12.1 Å². The molecule has 0 unspecified atom stereocenters. The number of carbonyl (C=O) groups is 2.